The van der Waals surface area contributed by atoms with E-state index in [1.54, 1.807) is 12.1 Å². The van der Waals surface area contributed by atoms with Crippen molar-refractivity contribution in [2.75, 3.05) is 6.54 Å². The highest BCUT2D eigenvalue weighted by molar-refractivity contribution is 5.36. The van der Waals surface area contributed by atoms with Crippen LogP contribution in [0.4, 0.5) is 4.39 Å². The molecule has 0 spiro atoms. The molecule has 0 radical (unpaired) electrons. The van der Waals surface area contributed by atoms with Gasteiger partial charge in [0.25, 0.3) is 0 Å². The van der Waals surface area contributed by atoms with Gasteiger partial charge in [0.05, 0.1) is 0 Å². The van der Waals surface area contributed by atoms with Crippen molar-refractivity contribution in [2.45, 2.75) is 40.0 Å². The zero-order valence-corrected chi connectivity index (χ0v) is 13.5. The van der Waals surface area contributed by atoms with Crippen molar-refractivity contribution in [1.29, 1.82) is 0 Å². The fourth-order valence-electron chi connectivity index (χ4n) is 2.55. The zero-order chi connectivity index (χ0) is 15.8. The number of aryl methyl sites for hydroxylation is 2. The Morgan fingerprint density at radius 1 is 0.952 bits per heavy atom. The van der Waals surface area contributed by atoms with Gasteiger partial charge >= 0.3 is 0 Å². The summed E-state index contributed by atoms with van der Waals surface area (Å²) in [6, 6.07) is 13.6. The number of benzene rings is 2. The maximum Gasteiger partial charge on any atom is 0.123 e. The largest absolute Gasteiger partial charge is 0.330 e. The maximum absolute atomic E-state index is 13.6. The summed E-state index contributed by atoms with van der Waals surface area (Å²) in [6.07, 6.45) is 0.826. The second kappa shape index (κ2) is 8.58. The molecule has 21 heavy (non-hydrogen) atoms. The van der Waals surface area contributed by atoms with Crippen molar-refractivity contribution in [3.05, 3.63) is 70.5 Å². The lowest BCUT2D eigenvalue weighted by molar-refractivity contribution is 0.619. The quantitative estimate of drug-likeness (QED) is 0.846. The lowest BCUT2D eigenvalue weighted by Gasteiger charge is -2.18. The highest BCUT2D eigenvalue weighted by Gasteiger charge is 2.14. The van der Waals surface area contributed by atoms with E-state index in [9.17, 15) is 4.39 Å². The summed E-state index contributed by atoms with van der Waals surface area (Å²) in [7, 11) is 0. The standard InChI is InChI=1S/C17H20FN.C2H6/c1-12-4-3-5-14(8-12)17(6-7-19)15-9-13(2)10-16(18)11-15;1-2/h3-5,8-11,17H,6-7,19H2,1-2H3;1-2H3. The Kier molecular flexibility index (Phi) is 7.10. The van der Waals surface area contributed by atoms with Gasteiger partial charge < -0.3 is 5.73 Å². The third kappa shape index (κ3) is 4.98. The highest BCUT2D eigenvalue weighted by Crippen LogP contribution is 2.29. The molecule has 0 saturated heterocycles. The summed E-state index contributed by atoms with van der Waals surface area (Å²) in [5.41, 5.74) is 10.1. The normalized spacial score (nSPS) is 11.5. The first-order valence-corrected chi connectivity index (χ1v) is 7.64. The molecule has 0 aliphatic heterocycles. The average Bonchev–Trinajstić information content (AvgIpc) is 2.46. The predicted molar refractivity (Wildman–Crippen MR) is 89.2 cm³/mol. The first-order valence-electron chi connectivity index (χ1n) is 7.64. The zero-order valence-electron chi connectivity index (χ0n) is 13.5. The number of hydrogen-bond donors (Lipinski definition) is 1. The molecule has 0 aliphatic carbocycles. The van der Waals surface area contributed by atoms with Crippen molar-refractivity contribution >= 4 is 0 Å². The summed E-state index contributed by atoms with van der Waals surface area (Å²) >= 11 is 0. The van der Waals surface area contributed by atoms with Crippen LogP contribution in [0.2, 0.25) is 0 Å². The molecule has 2 aromatic rings. The Morgan fingerprint density at radius 2 is 1.62 bits per heavy atom. The summed E-state index contributed by atoms with van der Waals surface area (Å²) in [4.78, 5) is 0. The Balaban J connectivity index is 0.00000106. The SMILES string of the molecule is CC.Cc1cccc(C(CCN)c2cc(C)cc(F)c2)c1. The highest BCUT2D eigenvalue weighted by atomic mass is 19.1. The van der Waals surface area contributed by atoms with Crippen LogP contribution in [0.1, 0.15) is 48.4 Å². The van der Waals surface area contributed by atoms with Crippen LogP contribution in [-0.2, 0) is 0 Å². The van der Waals surface area contributed by atoms with Crippen molar-refractivity contribution in [1.82, 2.24) is 0 Å². The predicted octanol–water partition coefficient (Wildman–Crippen LogP) is 4.95. The summed E-state index contributed by atoms with van der Waals surface area (Å²) in [5.74, 6) is -0.0102. The average molecular weight is 287 g/mol. The molecule has 1 atom stereocenters. The minimum atomic E-state index is -0.176. The Hall–Kier alpha value is -1.67. The van der Waals surface area contributed by atoms with Gasteiger partial charge in [0.15, 0.2) is 0 Å². The molecule has 1 nitrogen and oxygen atoms in total. The molecule has 2 rings (SSSR count). The van der Waals surface area contributed by atoms with Gasteiger partial charge in [-0.1, -0.05) is 49.7 Å². The van der Waals surface area contributed by atoms with Crippen LogP contribution >= 0.6 is 0 Å². The smallest absolute Gasteiger partial charge is 0.123 e. The molecule has 0 amide bonds. The van der Waals surface area contributed by atoms with Gasteiger partial charge in [-0.2, -0.15) is 0 Å². The molecule has 0 saturated carbocycles. The molecular formula is C19H26FN. The van der Waals surface area contributed by atoms with Crippen LogP contribution in [-0.4, -0.2) is 6.54 Å². The minimum absolute atomic E-state index is 0.166. The van der Waals surface area contributed by atoms with Crippen LogP contribution in [0.15, 0.2) is 42.5 Å². The van der Waals surface area contributed by atoms with E-state index in [1.807, 2.05) is 32.9 Å². The van der Waals surface area contributed by atoms with Crippen LogP contribution in [0.3, 0.4) is 0 Å². The van der Waals surface area contributed by atoms with Gasteiger partial charge in [0, 0.05) is 5.92 Å². The second-order valence-electron chi connectivity index (χ2n) is 5.11. The molecule has 0 heterocycles. The van der Waals surface area contributed by atoms with E-state index in [4.69, 9.17) is 5.73 Å². The van der Waals surface area contributed by atoms with Crippen molar-refractivity contribution < 1.29 is 4.39 Å². The van der Waals surface area contributed by atoms with Gasteiger partial charge in [-0.15, -0.1) is 0 Å². The number of halogens is 1. The van der Waals surface area contributed by atoms with E-state index in [-0.39, 0.29) is 11.7 Å². The topological polar surface area (TPSA) is 26.0 Å². The number of nitrogens with two attached hydrogens (primary N) is 1. The first kappa shape index (κ1) is 17.4. The Labute approximate surface area is 128 Å². The Morgan fingerprint density at radius 3 is 2.19 bits per heavy atom. The maximum atomic E-state index is 13.6. The number of rotatable bonds is 4. The monoisotopic (exact) mass is 287 g/mol. The van der Waals surface area contributed by atoms with Gasteiger partial charge in [-0.05, 0) is 55.6 Å². The van der Waals surface area contributed by atoms with Crippen molar-refractivity contribution in [3.8, 4) is 0 Å². The summed E-state index contributed by atoms with van der Waals surface area (Å²) in [5, 5.41) is 0. The fourth-order valence-corrected chi connectivity index (χ4v) is 2.55. The molecule has 2 heteroatoms. The molecule has 2 aromatic carbocycles. The number of hydrogen-bond acceptors (Lipinski definition) is 1. The van der Waals surface area contributed by atoms with Crippen LogP contribution in [0, 0.1) is 19.7 Å². The first-order chi connectivity index (χ1) is 10.1. The van der Waals surface area contributed by atoms with E-state index >= 15 is 0 Å². The van der Waals surface area contributed by atoms with E-state index in [0.717, 1.165) is 17.5 Å². The van der Waals surface area contributed by atoms with Gasteiger partial charge in [-0.25, -0.2) is 4.39 Å². The fraction of sp³-hybridized carbons (Fsp3) is 0.368. The lowest BCUT2D eigenvalue weighted by atomic mass is 9.87. The van der Waals surface area contributed by atoms with Crippen LogP contribution < -0.4 is 5.73 Å². The molecule has 0 aromatic heterocycles. The summed E-state index contributed by atoms with van der Waals surface area (Å²) in [6.45, 7) is 8.58. The van der Waals surface area contributed by atoms with E-state index in [1.165, 1.54) is 11.1 Å². The van der Waals surface area contributed by atoms with Crippen LogP contribution in [0.25, 0.3) is 0 Å². The molecule has 2 N–H and O–H groups in total. The van der Waals surface area contributed by atoms with Gasteiger partial charge in [0.1, 0.15) is 5.82 Å². The molecule has 1 unspecified atom stereocenters. The molecule has 0 aliphatic rings. The minimum Gasteiger partial charge on any atom is -0.330 e. The third-order valence-electron chi connectivity index (χ3n) is 3.37. The molecular weight excluding hydrogens is 261 g/mol. The Bertz CT molecular complexity index is 543. The van der Waals surface area contributed by atoms with Crippen molar-refractivity contribution in [2.24, 2.45) is 5.73 Å². The van der Waals surface area contributed by atoms with Gasteiger partial charge in [0.2, 0.25) is 0 Å². The van der Waals surface area contributed by atoms with E-state index < -0.39 is 0 Å². The molecule has 0 fully saturated rings. The second-order valence-corrected chi connectivity index (χ2v) is 5.11. The third-order valence-corrected chi connectivity index (χ3v) is 3.37. The summed E-state index contributed by atoms with van der Waals surface area (Å²) < 4.78 is 13.6. The van der Waals surface area contributed by atoms with E-state index in [2.05, 4.69) is 25.1 Å². The van der Waals surface area contributed by atoms with Gasteiger partial charge in [-0.3, -0.25) is 0 Å². The van der Waals surface area contributed by atoms with E-state index in [0.29, 0.717) is 6.54 Å². The van der Waals surface area contributed by atoms with Crippen LogP contribution in [0.5, 0.6) is 0 Å². The molecule has 0 bridgehead atoms. The molecule has 114 valence electrons. The lowest BCUT2D eigenvalue weighted by Crippen LogP contribution is -2.09. The van der Waals surface area contributed by atoms with Crippen molar-refractivity contribution in [3.63, 3.8) is 0 Å².